The molecule has 2 aromatic rings. The van der Waals surface area contributed by atoms with E-state index >= 15 is 0 Å². The van der Waals surface area contributed by atoms with Crippen LogP contribution in [0.25, 0.3) is 11.2 Å². The van der Waals surface area contributed by atoms with Crippen LogP contribution in [0.1, 0.15) is 45.8 Å². The van der Waals surface area contributed by atoms with Crippen LogP contribution in [-0.4, -0.2) is 90.8 Å². The molecule has 2 aromatic heterocycles. The van der Waals surface area contributed by atoms with Gasteiger partial charge in [-0.2, -0.15) is 0 Å². The number of hydrogen-bond acceptors (Lipinski definition) is 10. The molecule has 4 heterocycles. The van der Waals surface area contributed by atoms with Crippen molar-refractivity contribution in [2.45, 2.75) is 64.1 Å². The topological polar surface area (TPSA) is 164 Å². The molecule has 0 aromatic carbocycles. The fourth-order valence-electron chi connectivity index (χ4n) is 3.64. The smallest absolute Gasteiger partial charge is 0.455 e. The molecule has 15 heteroatoms. The molecule has 1 radical (unpaired) electrons. The quantitative estimate of drug-likeness (QED) is 0.325. The number of esters is 1. The van der Waals surface area contributed by atoms with Crippen molar-refractivity contribution in [3.63, 3.8) is 0 Å². The molecule has 2 fully saturated rings. The van der Waals surface area contributed by atoms with Gasteiger partial charge in [-0.3, -0.25) is 23.2 Å². The predicted molar refractivity (Wildman–Crippen MR) is 114 cm³/mol. The van der Waals surface area contributed by atoms with Gasteiger partial charge in [0.1, 0.15) is 18.5 Å². The Bertz CT molecular complexity index is 1070. The van der Waals surface area contributed by atoms with Crippen LogP contribution in [0.3, 0.4) is 0 Å². The Kier molecular flexibility index (Phi) is 8.62. The van der Waals surface area contributed by atoms with Crippen LogP contribution in [0.15, 0.2) is 12.7 Å². The van der Waals surface area contributed by atoms with Crippen molar-refractivity contribution >= 4 is 66.2 Å². The minimum Gasteiger partial charge on any atom is -0.455 e. The Labute approximate surface area is 211 Å². The first-order valence-electron chi connectivity index (χ1n) is 10.3. The van der Waals surface area contributed by atoms with Gasteiger partial charge in [0.25, 0.3) is 0 Å². The van der Waals surface area contributed by atoms with Crippen molar-refractivity contribution in [1.29, 1.82) is 0 Å². The minimum absolute atomic E-state index is 0. The molecule has 4 rings (SSSR count). The summed E-state index contributed by atoms with van der Waals surface area (Å²) in [4.78, 5) is 46.7. The van der Waals surface area contributed by atoms with Gasteiger partial charge in [-0.1, -0.05) is 13.8 Å². The molecule has 175 valence electrons. The second kappa shape index (κ2) is 10.9. The average Bonchev–Trinajstić information content (AvgIpc) is 3.30. The third kappa shape index (κ3) is 5.63. The van der Waals surface area contributed by atoms with Gasteiger partial charge in [0.15, 0.2) is 29.3 Å². The largest absolute Gasteiger partial charge is 0.472 e. The first kappa shape index (κ1) is 26.2. The van der Waals surface area contributed by atoms with E-state index in [1.54, 1.807) is 0 Å². The van der Waals surface area contributed by atoms with Crippen molar-refractivity contribution in [3.05, 3.63) is 12.7 Å². The average molecular weight is 492 g/mol. The number of imidazole rings is 1. The van der Waals surface area contributed by atoms with Crippen LogP contribution in [0.5, 0.6) is 0 Å². The molecule has 0 bridgehead atoms. The molecular weight excluding hydrogens is 468 g/mol. The van der Waals surface area contributed by atoms with Crippen molar-refractivity contribution in [2.24, 2.45) is 0 Å². The van der Waals surface area contributed by atoms with E-state index in [1.807, 2.05) is 13.8 Å². The Hall–Kier alpha value is -1.44. The number of aromatic nitrogens is 4. The zero-order valence-corrected chi connectivity index (χ0v) is 21.4. The molecular formula is C18H24N5NaO8P. The molecule has 33 heavy (non-hydrogen) atoms. The first-order chi connectivity index (χ1) is 15.3. The summed E-state index contributed by atoms with van der Waals surface area (Å²) in [6.45, 7) is 3.50. The van der Waals surface area contributed by atoms with Gasteiger partial charge in [0.2, 0.25) is 5.91 Å². The van der Waals surface area contributed by atoms with E-state index in [1.165, 1.54) is 17.2 Å². The Morgan fingerprint density at radius 1 is 1.27 bits per heavy atom. The third-order valence-electron chi connectivity index (χ3n) is 5.03. The zero-order valence-electron chi connectivity index (χ0n) is 18.5. The molecule has 2 aliphatic heterocycles. The number of nitrogens with zero attached hydrogens (tertiary/aromatic N) is 4. The number of amides is 1. The first-order valence-corrected chi connectivity index (χ1v) is 11.8. The number of phosphoric acid groups is 1. The summed E-state index contributed by atoms with van der Waals surface area (Å²) in [5.41, 5.74) is 0.638. The van der Waals surface area contributed by atoms with Gasteiger partial charge in [0.05, 0.1) is 12.9 Å². The van der Waals surface area contributed by atoms with E-state index in [9.17, 15) is 19.0 Å². The minimum atomic E-state index is -4.30. The van der Waals surface area contributed by atoms with E-state index < -0.39 is 38.3 Å². The standard InChI is InChI=1S/C18H24N5O8P.Na/c1-3-5-11(24)22-16-13-17(20-8-19-16)23(9-21-13)18-15(30-12(25)6-4-2)14-10(29-18)7-28-32(26,27)31-14;/h8-10,14-15,18H,3-7H2,1-2H3,(H,26,27)(H,19,20,22,24);/t10-,14?,15+,18-;/m1./s1. The van der Waals surface area contributed by atoms with Crippen molar-refractivity contribution < 1.29 is 37.6 Å². The van der Waals surface area contributed by atoms with Gasteiger partial charge in [-0.25, -0.2) is 19.5 Å². The molecule has 2 N–H and O–H groups in total. The molecule has 0 spiro atoms. The Balaban J connectivity index is 0.00000306. The number of anilines is 1. The summed E-state index contributed by atoms with van der Waals surface area (Å²) < 4.78 is 35.1. The van der Waals surface area contributed by atoms with Gasteiger partial charge >= 0.3 is 13.8 Å². The van der Waals surface area contributed by atoms with Crippen LogP contribution in [0, 0.1) is 0 Å². The zero-order chi connectivity index (χ0) is 22.9. The summed E-state index contributed by atoms with van der Waals surface area (Å²) in [5, 5.41) is 2.70. The van der Waals surface area contributed by atoms with E-state index in [0.717, 1.165) is 0 Å². The summed E-state index contributed by atoms with van der Waals surface area (Å²) in [7, 11) is -4.30. The normalized spacial score (nSPS) is 28.7. The van der Waals surface area contributed by atoms with E-state index in [-0.39, 0.29) is 54.3 Å². The summed E-state index contributed by atoms with van der Waals surface area (Å²) >= 11 is 0. The monoisotopic (exact) mass is 492 g/mol. The van der Waals surface area contributed by atoms with Gasteiger partial charge in [-0.15, -0.1) is 0 Å². The van der Waals surface area contributed by atoms with Crippen molar-refractivity contribution in [3.8, 4) is 0 Å². The number of carbonyl (C=O) groups is 2. The molecule has 1 amide bonds. The molecule has 0 aliphatic carbocycles. The van der Waals surface area contributed by atoms with Gasteiger partial charge < -0.3 is 19.7 Å². The van der Waals surface area contributed by atoms with Crippen molar-refractivity contribution in [1.82, 2.24) is 19.5 Å². The molecule has 5 atom stereocenters. The fourth-order valence-corrected chi connectivity index (χ4v) is 4.60. The molecule has 2 unspecified atom stereocenters. The number of nitrogens with one attached hydrogen (secondary N) is 1. The second-order valence-corrected chi connectivity index (χ2v) is 8.85. The maximum Gasteiger partial charge on any atom is 0.472 e. The van der Waals surface area contributed by atoms with Crippen LogP contribution in [0.2, 0.25) is 0 Å². The third-order valence-corrected chi connectivity index (χ3v) is 6.02. The molecule has 2 aliphatic rings. The SMILES string of the molecule is CCCC(=O)Nc1ncnc2c1ncn2[C@@H]1O[C@@H]2COP(=O)(O)OC2[C@@H]1OC(=O)CCC.[Na]. The summed E-state index contributed by atoms with van der Waals surface area (Å²) in [6.07, 6.45) is 0.639. The number of phosphoric ester groups is 1. The molecule has 2 saturated heterocycles. The number of fused-ring (bicyclic) bond motifs is 2. The van der Waals surface area contributed by atoms with Gasteiger partial charge in [-0.05, 0) is 12.8 Å². The molecule has 13 nitrogen and oxygen atoms in total. The van der Waals surface area contributed by atoms with Gasteiger partial charge in [0, 0.05) is 42.4 Å². The van der Waals surface area contributed by atoms with E-state index in [0.29, 0.717) is 30.4 Å². The maximum absolute atomic E-state index is 12.3. The number of ether oxygens (including phenoxy) is 2. The number of hydrogen-bond donors (Lipinski definition) is 2. The summed E-state index contributed by atoms with van der Waals surface area (Å²) in [6, 6.07) is 0. The van der Waals surface area contributed by atoms with E-state index in [4.69, 9.17) is 18.5 Å². The van der Waals surface area contributed by atoms with Crippen LogP contribution >= 0.6 is 7.82 Å². The van der Waals surface area contributed by atoms with Crippen LogP contribution < -0.4 is 5.32 Å². The Morgan fingerprint density at radius 3 is 2.76 bits per heavy atom. The molecule has 0 saturated carbocycles. The predicted octanol–water partition coefficient (Wildman–Crippen LogP) is 1.31. The van der Waals surface area contributed by atoms with Crippen LogP contribution in [-0.2, 0) is 32.7 Å². The number of carbonyl (C=O) groups excluding carboxylic acids is 2. The number of rotatable bonds is 7. The summed E-state index contributed by atoms with van der Waals surface area (Å²) in [5.74, 6) is -0.469. The van der Waals surface area contributed by atoms with Crippen LogP contribution in [0.4, 0.5) is 5.82 Å². The second-order valence-electron chi connectivity index (χ2n) is 7.45. The maximum atomic E-state index is 12.3. The van der Waals surface area contributed by atoms with Crippen molar-refractivity contribution in [2.75, 3.05) is 11.9 Å². The Morgan fingerprint density at radius 2 is 2.03 bits per heavy atom. The van der Waals surface area contributed by atoms with E-state index in [2.05, 4.69) is 20.3 Å². The fraction of sp³-hybridized carbons (Fsp3) is 0.611.